The Morgan fingerprint density at radius 1 is 0.556 bits per heavy atom. The minimum absolute atomic E-state index is 0. The Morgan fingerprint density at radius 2 is 0.556 bits per heavy atom. The summed E-state index contributed by atoms with van der Waals surface area (Å²) in [5.41, 5.74) is 0. The summed E-state index contributed by atoms with van der Waals surface area (Å²) in [6.45, 7) is -7.33. The third-order valence-corrected chi connectivity index (χ3v) is 0. The maximum Gasteiger partial charge on any atom is 0.379 e. The van der Waals surface area contributed by atoms with E-state index in [9.17, 15) is 26.3 Å². The van der Waals surface area contributed by atoms with Crippen LogP contribution in [0.25, 0.3) is 0 Å². The van der Waals surface area contributed by atoms with Gasteiger partial charge in [0.1, 0.15) is 0 Å². The fourth-order valence-electron chi connectivity index (χ4n) is 0. The Bertz CT molecular complexity index is 26.5. The summed E-state index contributed by atoms with van der Waals surface area (Å²) in [7, 11) is 0. The first-order valence-corrected chi connectivity index (χ1v) is 1.31. The Labute approximate surface area is 63.4 Å². The number of hydrogen-bond donors (Lipinski definition) is 0. The lowest BCUT2D eigenvalue weighted by Gasteiger charge is -1.65. The molecule has 0 aromatic heterocycles. The van der Waals surface area contributed by atoms with Gasteiger partial charge in [0, 0.05) is 23.1 Å². The van der Waals surface area contributed by atoms with Gasteiger partial charge in [0.05, 0.1) is 0 Å². The summed E-state index contributed by atoms with van der Waals surface area (Å²) in [6, 6.07) is 0. The molecule has 0 bridgehead atoms. The molecule has 0 atom stereocenters. The second kappa shape index (κ2) is 11.2. The van der Waals surface area contributed by atoms with E-state index in [0.717, 1.165) is 0 Å². The predicted octanol–water partition coefficient (Wildman–Crippen LogP) is 1.98. The van der Waals surface area contributed by atoms with Crippen molar-refractivity contribution in [3.8, 4) is 0 Å². The standard InChI is InChI=1S/2CHF3.Mg/c2*2-1(3)4;/h2*1H;. The molecule has 0 unspecified atom stereocenters. The zero-order valence-electron chi connectivity index (χ0n) is 4.13. The summed E-state index contributed by atoms with van der Waals surface area (Å²) in [6.07, 6.45) is 0. The van der Waals surface area contributed by atoms with Crippen LogP contribution >= 0.6 is 0 Å². The van der Waals surface area contributed by atoms with E-state index >= 15 is 0 Å². The van der Waals surface area contributed by atoms with E-state index in [0.29, 0.717) is 0 Å². The third-order valence-electron chi connectivity index (χ3n) is 0. The highest BCUT2D eigenvalue weighted by Gasteiger charge is 1.86. The first-order chi connectivity index (χ1) is 3.46. The fourth-order valence-corrected chi connectivity index (χ4v) is 0. The smallest absolute Gasteiger partial charge is 0.174 e. The SMILES string of the molecule is FC(F)F.FC(F)F.[Mg]. The number of rotatable bonds is 0. The average Bonchev–Trinajstić information content (AvgIpc) is 1.25. The average molecular weight is 164 g/mol. The Balaban J connectivity index is -0.0000000720. The summed E-state index contributed by atoms with van der Waals surface area (Å²) < 4.78 is 58.0. The maximum absolute atomic E-state index is 9.67. The molecule has 0 saturated heterocycles. The molecule has 0 heterocycles. The van der Waals surface area contributed by atoms with Crippen molar-refractivity contribution in [3.05, 3.63) is 0 Å². The van der Waals surface area contributed by atoms with Crippen molar-refractivity contribution >= 4 is 23.1 Å². The van der Waals surface area contributed by atoms with Crippen molar-refractivity contribution in [3.63, 3.8) is 0 Å². The third kappa shape index (κ3) is 2800. The van der Waals surface area contributed by atoms with E-state index in [-0.39, 0.29) is 23.1 Å². The molecule has 0 fully saturated rings. The summed E-state index contributed by atoms with van der Waals surface area (Å²) >= 11 is 0. The van der Waals surface area contributed by atoms with E-state index in [1.54, 1.807) is 0 Å². The van der Waals surface area contributed by atoms with Crippen molar-refractivity contribution in [2.75, 3.05) is 0 Å². The van der Waals surface area contributed by atoms with Crippen molar-refractivity contribution in [1.82, 2.24) is 0 Å². The molecule has 0 saturated carbocycles. The molecule has 0 aliphatic rings. The molecule has 0 N–H and O–H groups in total. The molecule has 0 aliphatic carbocycles. The molecule has 9 heavy (non-hydrogen) atoms. The fraction of sp³-hybridized carbons (Fsp3) is 1.00. The van der Waals surface area contributed by atoms with Crippen LogP contribution in [0.4, 0.5) is 26.3 Å². The van der Waals surface area contributed by atoms with Crippen LogP contribution in [0.5, 0.6) is 0 Å². The van der Waals surface area contributed by atoms with E-state index in [2.05, 4.69) is 0 Å². The minimum atomic E-state index is -3.67. The van der Waals surface area contributed by atoms with E-state index < -0.39 is 13.4 Å². The maximum atomic E-state index is 9.67. The van der Waals surface area contributed by atoms with Gasteiger partial charge < -0.3 is 0 Å². The molecule has 54 valence electrons. The highest BCUT2D eigenvalue weighted by Crippen LogP contribution is 1.87. The molecule has 0 spiro atoms. The van der Waals surface area contributed by atoms with Crippen LogP contribution in [0.1, 0.15) is 0 Å². The summed E-state index contributed by atoms with van der Waals surface area (Å²) in [4.78, 5) is 0. The Hall–Kier alpha value is 0.346. The number of alkyl halides is 6. The van der Waals surface area contributed by atoms with E-state index in [4.69, 9.17) is 0 Å². The van der Waals surface area contributed by atoms with Crippen LogP contribution in [0, 0.1) is 0 Å². The van der Waals surface area contributed by atoms with Crippen LogP contribution < -0.4 is 0 Å². The molecule has 2 radical (unpaired) electrons. The summed E-state index contributed by atoms with van der Waals surface area (Å²) in [5, 5.41) is 0. The van der Waals surface area contributed by atoms with Crippen LogP contribution in [0.2, 0.25) is 0 Å². The number of hydrogen-bond acceptors (Lipinski definition) is 0. The van der Waals surface area contributed by atoms with Gasteiger partial charge >= 0.3 is 13.4 Å². The van der Waals surface area contributed by atoms with Crippen molar-refractivity contribution in [2.24, 2.45) is 0 Å². The van der Waals surface area contributed by atoms with Crippen LogP contribution in [-0.4, -0.2) is 36.4 Å². The quantitative estimate of drug-likeness (QED) is 0.379. The highest BCUT2D eigenvalue weighted by molar-refractivity contribution is 5.75. The highest BCUT2D eigenvalue weighted by atomic mass is 24.3. The second-order valence-electron chi connectivity index (χ2n) is 0.495. The molecule has 0 aliphatic heterocycles. The van der Waals surface area contributed by atoms with E-state index in [1.165, 1.54) is 0 Å². The van der Waals surface area contributed by atoms with Gasteiger partial charge in [-0.3, -0.25) is 0 Å². The van der Waals surface area contributed by atoms with Crippen molar-refractivity contribution < 1.29 is 26.3 Å². The molecule has 0 amide bonds. The van der Waals surface area contributed by atoms with Gasteiger partial charge in [0.2, 0.25) is 0 Å². The molecule has 7 heteroatoms. The largest absolute Gasteiger partial charge is 0.379 e. The molecule has 0 nitrogen and oxygen atoms in total. The zero-order chi connectivity index (χ0) is 7.15. The monoisotopic (exact) mass is 164 g/mol. The van der Waals surface area contributed by atoms with Crippen LogP contribution in [-0.2, 0) is 0 Å². The van der Waals surface area contributed by atoms with Gasteiger partial charge in [-0.25, -0.2) is 0 Å². The molecular formula is C2H2F6Mg. The van der Waals surface area contributed by atoms with Crippen molar-refractivity contribution in [2.45, 2.75) is 13.4 Å². The molecule has 0 aromatic carbocycles. The molecular weight excluding hydrogens is 162 g/mol. The predicted molar refractivity (Wildman–Crippen MR) is 20.0 cm³/mol. The number of halogens is 6. The van der Waals surface area contributed by atoms with Crippen LogP contribution in [0.15, 0.2) is 0 Å². The first kappa shape index (κ1) is 16.2. The normalized spacial score (nSPS) is 8.00. The van der Waals surface area contributed by atoms with Gasteiger partial charge in [-0.1, -0.05) is 0 Å². The van der Waals surface area contributed by atoms with Gasteiger partial charge in [-0.05, 0) is 0 Å². The minimum Gasteiger partial charge on any atom is -0.174 e. The van der Waals surface area contributed by atoms with Crippen molar-refractivity contribution in [1.29, 1.82) is 0 Å². The lowest BCUT2D eigenvalue weighted by atomic mass is 11.6. The Kier molecular flexibility index (Phi) is 20.1. The van der Waals surface area contributed by atoms with Crippen LogP contribution in [0.3, 0.4) is 0 Å². The van der Waals surface area contributed by atoms with Gasteiger partial charge in [0.15, 0.2) is 0 Å². The lowest BCUT2D eigenvalue weighted by molar-refractivity contribution is 0.00734. The Morgan fingerprint density at radius 3 is 0.556 bits per heavy atom. The lowest BCUT2D eigenvalue weighted by Crippen LogP contribution is -1.65. The molecule has 0 rings (SSSR count). The van der Waals surface area contributed by atoms with Gasteiger partial charge in [-0.2, -0.15) is 26.3 Å². The van der Waals surface area contributed by atoms with Gasteiger partial charge in [0.25, 0.3) is 0 Å². The van der Waals surface area contributed by atoms with E-state index in [1.807, 2.05) is 0 Å². The zero-order valence-corrected chi connectivity index (χ0v) is 5.54. The topological polar surface area (TPSA) is 0 Å². The first-order valence-electron chi connectivity index (χ1n) is 1.31. The summed E-state index contributed by atoms with van der Waals surface area (Å²) in [5.74, 6) is 0. The second-order valence-corrected chi connectivity index (χ2v) is 0.495. The molecule has 0 aromatic rings. The van der Waals surface area contributed by atoms with Gasteiger partial charge in [-0.15, -0.1) is 0 Å².